The second kappa shape index (κ2) is 9.19. The quantitative estimate of drug-likeness (QED) is 0.553. The van der Waals surface area contributed by atoms with Gasteiger partial charge in [-0.2, -0.15) is 0 Å². The van der Waals surface area contributed by atoms with Gasteiger partial charge in [-0.05, 0) is 30.7 Å². The van der Waals surface area contributed by atoms with E-state index in [1.807, 2.05) is 0 Å². The van der Waals surface area contributed by atoms with Gasteiger partial charge in [-0.3, -0.25) is 4.79 Å². The predicted molar refractivity (Wildman–Crippen MR) is 89.6 cm³/mol. The molecule has 1 N–H and O–H groups in total. The lowest BCUT2D eigenvalue weighted by atomic mass is 10.3. The van der Waals surface area contributed by atoms with Crippen molar-refractivity contribution in [1.82, 2.24) is 10.2 Å². The Morgan fingerprint density at radius 3 is 2.74 bits per heavy atom. The zero-order valence-electron chi connectivity index (χ0n) is 13.4. The Kier molecular flexibility index (Phi) is 6.93. The van der Waals surface area contributed by atoms with Gasteiger partial charge in [-0.1, -0.05) is 31.5 Å². The predicted octanol–water partition coefficient (Wildman–Crippen LogP) is 3.89. The van der Waals surface area contributed by atoms with Gasteiger partial charge in [-0.15, -0.1) is 10.2 Å². The van der Waals surface area contributed by atoms with Crippen molar-refractivity contribution in [2.24, 2.45) is 0 Å². The summed E-state index contributed by atoms with van der Waals surface area (Å²) in [6.07, 6.45) is 3.56. The number of hydrogen-bond acceptors (Lipinski definition) is 6. The summed E-state index contributed by atoms with van der Waals surface area (Å²) in [5, 5.41) is 11.2. The van der Waals surface area contributed by atoms with Crippen molar-refractivity contribution in [3.8, 4) is 5.75 Å². The highest BCUT2D eigenvalue weighted by Gasteiger charge is 2.07. The van der Waals surface area contributed by atoms with E-state index in [-0.39, 0.29) is 12.5 Å². The van der Waals surface area contributed by atoms with Crippen LogP contribution in [-0.2, 0) is 11.4 Å². The summed E-state index contributed by atoms with van der Waals surface area (Å²) in [5.74, 6) is 2.01. The third-order valence-corrected chi connectivity index (χ3v) is 3.86. The normalized spacial score (nSPS) is 10.5. The van der Waals surface area contributed by atoms with Gasteiger partial charge in [-0.25, -0.2) is 0 Å². The van der Waals surface area contributed by atoms with Crippen LogP contribution in [0, 0.1) is 0 Å². The minimum Gasteiger partial charge on any atom is -0.484 e. The van der Waals surface area contributed by atoms with Crippen LogP contribution in [0.25, 0.3) is 0 Å². The third-order valence-electron chi connectivity index (χ3n) is 2.96. The first-order valence-corrected chi connectivity index (χ1v) is 8.61. The van der Waals surface area contributed by atoms with Crippen LogP contribution in [-0.4, -0.2) is 21.9 Å². The summed E-state index contributed by atoms with van der Waals surface area (Å²) < 4.78 is 11.1. The number of amides is 1. The molecular formula is C16H21N3O3S. The van der Waals surface area contributed by atoms with E-state index < -0.39 is 0 Å². The largest absolute Gasteiger partial charge is 0.484 e. The Labute approximate surface area is 140 Å². The van der Waals surface area contributed by atoms with E-state index in [1.165, 1.54) is 19.8 Å². The summed E-state index contributed by atoms with van der Waals surface area (Å²) in [6, 6.07) is 7.11. The summed E-state index contributed by atoms with van der Waals surface area (Å²) in [5.41, 5.74) is 0.730. The molecule has 0 aliphatic heterocycles. The SMILES string of the molecule is CCCCCSc1nnc(COc2ccc(NC(C)=O)cc2)o1. The monoisotopic (exact) mass is 335 g/mol. The molecule has 23 heavy (non-hydrogen) atoms. The fourth-order valence-corrected chi connectivity index (χ4v) is 2.63. The number of aromatic nitrogens is 2. The number of nitrogens with one attached hydrogen (secondary N) is 1. The van der Waals surface area contributed by atoms with Gasteiger partial charge in [0, 0.05) is 18.4 Å². The maximum Gasteiger partial charge on any atom is 0.276 e. The van der Waals surface area contributed by atoms with Crippen LogP contribution in [0.15, 0.2) is 33.9 Å². The van der Waals surface area contributed by atoms with E-state index in [0.29, 0.717) is 16.9 Å². The van der Waals surface area contributed by atoms with E-state index in [0.717, 1.165) is 17.9 Å². The van der Waals surface area contributed by atoms with Gasteiger partial charge in [0.1, 0.15) is 5.75 Å². The smallest absolute Gasteiger partial charge is 0.276 e. The van der Waals surface area contributed by atoms with Crippen LogP contribution in [0.4, 0.5) is 5.69 Å². The average molecular weight is 335 g/mol. The molecule has 0 aliphatic carbocycles. The molecule has 0 bridgehead atoms. The number of nitrogens with zero attached hydrogens (tertiary/aromatic N) is 2. The molecule has 0 saturated carbocycles. The number of hydrogen-bond donors (Lipinski definition) is 1. The highest BCUT2D eigenvalue weighted by atomic mass is 32.2. The number of thioether (sulfide) groups is 1. The molecule has 1 aromatic heterocycles. The molecule has 6 nitrogen and oxygen atoms in total. The van der Waals surface area contributed by atoms with Crippen LogP contribution in [0.1, 0.15) is 39.0 Å². The molecule has 0 spiro atoms. The fourth-order valence-electron chi connectivity index (χ4n) is 1.85. The van der Waals surface area contributed by atoms with Crippen LogP contribution >= 0.6 is 11.8 Å². The zero-order chi connectivity index (χ0) is 16.5. The lowest BCUT2D eigenvalue weighted by Gasteiger charge is -2.05. The van der Waals surface area contributed by atoms with Crippen molar-refractivity contribution in [3.05, 3.63) is 30.2 Å². The number of benzene rings is 1. The van der Waals surface area contributed by atoms with Crippen molar-refractivity contribution < 1.29 is 13.9 Å². The second-order valence-corrected chi connectivity index (χ2v) is 6.06. The molecule has 0 aliphatic rings. The third kappa shape index (κ3) is 6.32. The van der Waals surface area contributed by atoms with Crippen molar-refractivity contribution in [2.75, 3.05) is 11.1 Å². The van der Waals surface area contributed by atoms with E-state index in [1.54, 1.807) is 36.0 Å². The topological polar surface area (TPSA) is 77.3 Å². The maximum absolute atomic E-state index is 11.0. The summed E-state index contributed by atoms with van der Waals surface area (Å²) in [4.78, 5) is 11.0. The van der Waals surface area contributed by atoms with E-state index in [2.05, 4.69) is 22.4 Å². The van der Waals surface area contributed by atoms with Crippen LogP contribution in [0.5, 0.6) is 5.75 Å². The molecule has 0 atom stereocenters. The first-order valence-electron chi connectivity index (χ1n) is 7.63. The van der Waals surface area contributed by atoms with E-state index in [9.17, 15) is 4.79 Å². The molecular weight excluding hydrogens is 314 g/mol. The van der Waals surface area contributed by atoms with Gasteiger partial charge in [0.25, 0.3) is 11.1 Å². The lowest BCUT2D eigenvalue weighted by molar-refractivity contribution is -0.114. The Bertz CT molecular complexity index is 613. The average Bonchev–Trinajstić information content (AvgIpc) is 2.98. The van der Waals surface area contributed by atoms with Crippen LogP contribution in [0.3, 0.4) is 0 Å². The standard InChI is InChI=1S/C16H21N3O3S/c1-3-4-5-10-23-16-19-18-15(22-16)11-21-14-8-6-13(7-9-14)17-12(2)20/h6-9H,3-5,10-11H2,1-2H3,(H,17,20). The highest BCUT2D eigenvalue weighted by molar-refractivity contribution is 7.99. The Morgan fingerprint density at radius 1 is 1.26 bits per heavy atom. The van der Waals surface area contributed by atoms with Crippen molar-refractivity contribution >= 4 is 23.4 Å². The van der Waals surface area contributed by atoms with Crippen LogP contribution in [0.2, 0.25) is 0 Å². The lowest BCUT2D eigenvalue weighted by Crippen LogP contribution is -2.05. The minimum absolute atomic E-state index is 0.103. The van der Waals surface area contributed by atoms with Crippen molar-refractivity contribution in [3.63, 3.8) is 0 Å². The van der Waals surface area contributed by atoms with E-state index in [4.69, 9.17) is 9.15 Å². The summed E-state index contributed by atoms with van der Waals surface area (Å²) in [6.45, 7) is 3.87. The van der Waals surface area contributed by atoms with Crippen molar-refractivity contribution in [1.29, 1.82) is 0 Å². The number of ether oxygens (including phenoxy) is 1. The van der Waals surface area contributed by atoms with Gasteiger partial charge >= 0.3 is 0 Å². The van der Waals surface area contributed by atoms with Gasteiger partial charge in [0.05, 0.1) is 0 Å². The molecule has 1 aromatic carbocycles. The molecule has 0 radical (unpaired) electrons. The summed E-state index contributed by atoms with van der Waals surface area (Å²) >= 11 is 1.57. The fraction of sp³-hybridized carbons (Fsp3) is 0.438. The molecule has 2 rings (SSSR count). The van der Waals surface area contributed by atoms with Crippen molar-refractivity contribution in [2.45, 2.75) is 44.9 Å². The molecule has 0 fully saturated rings. The molecule has 124 valence electrons. The Morgan fingerprint density at radius 2 is 2.04 bits per heavy atom. The first kappa shape index (κ1) is 17.3. The first-order chi connectivity index (χ1) is 11.2. The molecule has 7 heteroatoms. The summed E-state index contributed by atoms with van der Waals surface area (Å²) in [7, 11) is 0. The maximum atomic E-state index is 11.0. The molecule has 2 aromatic rings. The molecule has 1 heterocycles. The number of unbranched alkanes of at least 4 members (excludes halogenated alkanes) is 2. The van der Waals surface area contributed by atoms with Crippen LogP contribution < -0.4 is 10.1 Å². The van der Waals surface area contributed by atoms with Gasteiger partial charge in [0.15, 0.2) is 6.61 Å². The molecule has 1 amide bonds. The Balaban J connectivity index is 1.77. The molecule has 0 saturated heterocycles. The van der Waals surface area contributed by atoms with Gasteiger partial charge in [0.2, 0.25) is 5.91 Å². The number of carbonyl (C=O) groups is 1. The number of rotatable bonds is 9. The highest BCUT2D eigenvalue weighted by Crippen LogP contribution is 2.20. The van der Waals surface area contributed by atoms with E-state index >= 15 is 0 Å². The van der Waals surface area contributed by atoms with Gasteiger partial charge < -0.3 is 14.5 Å². The zero-order valence-corrected chi connectivity index (χ0v) is 14.2. The minimum atomic E-state index is -0.103. The molecule has 0 unspecified atom stereocenters. The Hall–Kier alpha value is -2.02. The second-order valence-electron chi connectivity index (χ2n) is 5.01. The number of anilines is 1. The number of carbonyl (C=O) groups excluding carboxylic acids is 1.